The van der Waals surface area contributed by atoms with Crippen molar-refractivity contribution in [3.05, 3.63) is 59.7 Å². The summed E-state index contributed by atoms with van der Waals surface area (Å²) in [6.07, 6.45) is -1.28. The molecule has 32 heavy (non-hydrogen) atoms. The van der Waals surface area contributed by atoms with Crippen LogP contribution in [0.3, 0.4) is 0 Å². The summed E-state index contributed by atoms with van der Waals surface area (Å²) in [4.78, 5) is 59.3. The Labute approximate surface area is 184 Å². The van der Waals surface area contributed by atoms with Gasteiger partial charge in [0.25, 0.3) is 5.91 Å². The molecular weight excluding hydrogens is 416 g/mol. The van der Waals surface area contributed by atoms with Gasteiger partial charge in [0.05, 0.1) is 5.56 Å². The average molecular weight is 440 g/mol. The number of ether oxygens (including phenoxy) is 1. The van der Waals surface area contributed by atoms with Gasteiger partial charge < -0.3 is 20.7 Å². The maximum absolute atomic E-state index is 12.5. The first-order valence-electron chi connectivity index (χ1n) is 9.68. The molecule has 10 heteroatoms. The summed E-state index contributed by atoms with van der Waals surface area (Å²) in [5.41, 5.74) is 1.36. The Morgan fingerprint density at radius 2 is 1.44 bits per heavy atom. The van der Waals surface area contributed by atoms with Crippen LogP contribution in [-0.4, -0.2) is 35.8 Å². The van der Waals surface area contributed by atoms with Crippen molar-refractivity contribution in [3.8, 4) is 0 Å². The third-order valence-corrected chi connectivity index (χ3v) is 4.00. The number of anilines is 2. The van der Waals surface area contributed by atoms with E-state index in [1.54, 1.807) is 0 Å². The molecule has 0 radical (unpaired) electrons. The van der Waals surface area contributed by atoms with Crippen molar-refractivity contribution < 1.29 is 28.7 Å². The summed E-state index contributed by atoms with van der Waals surface area (Å²) >= 11 is 0. The van der Waals surface area contributed by atoms with Crippen LogP contribution in [-0.2, 0) is 25.7 Å². The van der Waals surface area contributed by atoms with Crippen LogP contribution in [0.15, 0.2) is 48.5 Å². The highest BCUT2D eigenvalue weighted by Gasteiger charge is 2.21. The van der Waals surface area contributed by atoms with E-state index in [4.69, 9.17) is 4.74 Å². The van der Waals surface area contributed by atoms with Crippen molar-refractivity contribution in [1.82, 2.24) is 10.6 Å². The average Bonchev–Trinajstić information content (AvgIpc) is 2.71. The Morgan fingerprint density at radius 3 is 1.97 bits per heavy atom. The molecule has 0 heterocycles. The van der Waals surface area contributed by atoms with Crippen LogP contribution in [0.25, 0.3) is 0 Å². The standard InChI is InChI=1S/C22H24N4O6/c1-13(20(29)26-22(31)23-12-16-7-5-4-6-8-16)32-21(30)17-9-18(24-14(2)27)11-19(10-17)25-15(3)28/h4-11,13H,12H2,1-3H3,(H,24,27)(H,25,28)(H2,23,26,29,31). The molecule has 0 spiro atoms. The fourth-order valence-corrected chi connectivity index (χ4v) is 2.61. The van der Waals surface area contributed by atoms with Gasteiger partial charge in [-0.15, -0.1) is 0 Å². The highest BCUT2D eigenvalue weighted by atomic mass is 16.5. The molecule has 2 aromatic carbocycles. The summed E-state index contributed by atoms with van der Waals surface area (Å²) in [7, 11) is 0. The van der Waals surface area contributed by atoms with Gasteiger partial charge in [-0.05, 0) is 30.7 Å². The number of carbonyl (C=O) groups excluding carboxylic acids is 5. The van der Waals surface area contributed by atoms with Crippen molar-refractivity contribution in [2.24, 2.45) is 0 Å². The first-order valence-corrected chi connectivity index (χ1v) is 9.68. The summed E-state index contributed by atoms with van der Waals surface area (Å²) in [6, 6.07) is 12.5. The SMILES string of the molecule is CC(=O)Nc1cc(NC(C)=O)cc(C(=O)OC(C)C(=O)NC(=O)NCc2ccccc2)c1. The molecule has 0 aliphatic carbocycles. The summed E-state index contributed by atoms with van der Waals surface area (Å²) in [5.74, 6) is -2.45. The first kappa shape index (κ1) is 24.1. The van der Waals surface area contributed by atoms with Crippen molar-refractivity contribution in [1.29, 1.82) is 0 Å². The molecule has 4 N–H and O–H groups in total. The smallest absolute Gasteiger partial charge is 0.339 e. The number of nitrogens with one attached hydrogen (secondary N) is 4. The monoisotopic (exact) mass is 440 g/mol. The van der Waals surface area contributed by atoms with Crippen LogP contribution in [0.4, 0.5) is 16.2 Å². The number of carbonyl (C=O) groups is 5. The van der Waals surface area contributed by atoms with E-state index in [1.165, 1.54) is 39.0 Å². The van der Waals surface area contributed by atoms with Gasteiger partial charge in [0.1, 0.15) is 0 Å². The molecule has 0 saturated carbocycles. The fraction of sp³-hybridized carbons (Fsp3) is 0.227. The molecule has 10 nitrogen and oxygen atoms in total. The number of benzene rings is 2. The van der Waals surface area contributed by atoms with Gasteiger partial charge in [-0.25, -0.2) is 9.59 Å². The van der Waals surface area contributed by atoms with Crippen LogP contribution in [0.1, 0.15) is 36.7 Å². The molecule has 168 valence electrons. The van der Waals surface area contributed by atoms with E-state index in [9.17, 15) is 24.0 Å². The largest absolute Gasteiger partial charge is 0.449 e. The van der Waals surface area contributed by atoms with Crippen LogP contribution in [0.5, 0.6) is 0 Å². The van der Waals surface area contributed by atoms with Crippen LogP contribution < -0.4 is 21.3 Å². The molecule has 0 saturated heterocycles. The van der Waals surface area contributed by atoms with Crippen molar-refractivity contribution >= 4 is 41.1 Å². The van der Waals surface area contributed by atoms with E-state index in [0.717, 1.165) is 5.56 Å². The lowest BCUT2D eigenvalue weighted by atomic mass is 10.1. The fourth-order valence-electron chi connectivity index (χ4n) is 2.61. The van der Waals surface area contributed by atoms with Crippen molar-refractivity contribution in [3.63, 3.8) is 0 Å². The van der Waals surface area contributed by atoms with Gasteiger partial charge in [-0.1, -0.05) is 30.3 Å². The molecule has 0 aromatic heterocycles. The topological polar surface area (TPSA) is 143 Å². The Morgan fingerprint density at radius 1 is 0.875 bits per heavy atom. The minimum Gasteiger partial charge on any atom is -0.449 e. The number of rotatable bonds is 7. The zero-order valence-electron chi connectivity index (χ0n) is 17.9. The first-order chi connectivity index (χ1) is 15.1. The second-order valence-electron chi connectivity index (χ2n) is 6.87. The Kier molecular flexibility index (Phi) is 8.46. The molecule has 0 aliphatic heterocycles. The number of esters is 1. The molecule has 2 aromatic rings. The van der Waals surface area contributed by atoms with E-state index in [1.807, 2.05) is 30.3 Å². The normalized spacial score (nSPS) is 11.0. The van der Waals surface area contributed by atoms with E-state index >= 15 is 0 Å². The quantitative estimate of drug-likeness (QED) is 0.486. The van der Waals surface area contributed by atoms with E-state index in [-0.39, 0.29) is 35.3 Å². The predicted octanol–water partition coefficient (Wildman–Crippen LogP) is 2.17. The molecule has 0 aliphatic rings. The Balaban J connectivity index is 1.99. The predicted molar refractivity (Wildman–Crippen MR) is 117 cm³/mol. The van der Waals surface area contributed by atoms with Crippen LogP contribution in [0, 0.1) is 0 Å². The van der Waals surface area contributed by atoms with Gasteiger partial charge in [0.15, 0.2) is 6.10 Å². The van der Waals surface area contributed by atoms with Gasteiger partial charge in [-0.3, -0.25) is 19.7 Å². The molecule has 2 rings (SSSR count). The molecule has 0 bridgehead atoms. The zero-order valence-corrected chi connectivity index (χ0v) is 17.9. The number of urea groups is 1. The molecule has 1 atom stereocenters. The summed E-state index contributed by atoms with van der Waals surface area (Å²) in [6.45, 7) is 4.11. The van der Waals surface area contributed by atoms with Gasteiger partial charge in [0.2, 0.25) is 11.8 Å². The van der Waals surface area contributed by atoms with Crippen molar-refractivity contribution in [2.75, 3.05) is 10.6 Å². The molecule has 1 unspecified atom stereocenters. The molecule has 5 amide bonds. The Hall–Kier alpha value is -4.21. The second-order valence-corrected chi connectivity index (χ2v) is 6.87. The minimum absolute atomic E-state index is 0.00632. The van der Waals surface area contributed by atoms with Crippen molar-refractivity contribution in [2.45, 2.75) is 33.4 Å². The highest BCUT2D eigenvalue weighted by molar-refractivity contribution is 6.00. The Bertz CT molecular complexity index is 988. The van der Waals surface area contributed by atoms with Gasteiger partial charge in [-0.2, -0.15) is 0 Å². The lowest BCUT2D eigenvalue weighted by Crippen LogP contribution is -2.44. The lowest BCUT2D eigenvalue weighted by Gasteiger charge is -2.15. The molecular formula is C22H24N4O6. The van der Waals surface area contributed by atoms with Crippen LogP contribution in [0.2, 0.25) is 0 Å². The number of imide groups is 1. The third kappa shape index (κ3) is 7.90. The second kappa shape index (κ2) is 11.3. The summed E-state index contributed by atoms with van der Waals surface area (Å²) < 4.78 is 5.13. The zero-order chi connectivity index (χ0) is 23.7. The van der Waals surface area contributed by atoms with Crippen LogP contribution >= 0.6 is 0 Å². The van der Waals surface area contributed by atoms with E-state index < -0.39 is 24.0 Å². The van der Waals surface area contributed by atoms with E-state index in [2.05, 4.69) is 21.3 Å². The minimum atomic E-state index is -1.28. The maximum Gasteiger partial charge on any atom is 0.339 e. The maximum atomic E-state index is 12.5. The summed E-state index contributed by atoms with van der Waals surface area (Å²) in [5, 5.41) is 9.66. The van der Waals surface area contributed by atoms with Gasteiger partial charge in [0, 0.05) is 31.8 Å². The van der Waals surface area contributed by atoms with Gasteiger partial charge >= 0.3 is 12.0 Å². The number of amides is 5. The number of hydrogen-bond donors (Lipinski definition) is 4. The third-order valence-electron chi connectivity index (χ3n) is 4.00. The number of hydrogen-bond acceptors (Lipinski definition) is 6. The molecule has 0 fully saturated rings. The highest BCUT2D eigenvalue weighted by Crippen LogP contribution is 2.20. The lowest BCUT2D eigenvalue weighted by molar-refractivity contribution is -0.128. The van der Waals surface area contributed by atoms with E-state index in [0.29, 0.717) is 0 Å².